The fraction of sp³-hybridized carbons (Fsp3) is 0.462. The minimum absolute atomic E-state index is 0.515. The van der Waals surface area contributed by atoms with Gasteiger partial charge in [-0.05, 0) is 39.8 Å². The summed E-state index contributed by atoms with van der Waals surface area (Å²) in [6.07, 6.45) is 0. The number of hydrogen-bond acceptors (Lipinski definition) is 4. The van der Waals surface area contributed by atoms with Gasteiger partial charge in [-0.3, -0.25) is 0 Å². The largest absolute Gasteiger partial charge is 0.342 e. The maximum absolute atomic E-state index is 10.1. The quantitative estimate of drug-likeness (QED) is 0.784. The minimum atomic E-state index is -0.597. The van der Waals surface area contributed by atoms with Crippen LogP contribution in [-0.4, -0.2) is 27.3 Å². The molecular formula is C13H19N3O. The third-order valence-electron chi connectivity index (χ3n) is 3.05. The van der Waals surface area contributed by atoms with Crippen LogP contribution in [0, 0.1) is 0 Å². The number of amidine groups is 1. The Labute approximate surface area is 102 Å². The Morgan fingerprint density at radius 3 is 2.18 bits per heavy atom. The fourth-order valence-electron chi connectivity index (χ4n) is 2.08. The molecule has 1 aliphatic heterocycles. The van der Waals surface area contributed by atoms with E-state index in [1.165, 1.54) is 5.06 Å². The third-order valence-corrected chi connectivity index (χ3v) is 3.05. The van der Waals surface area contributed by atoms with Crippen LogP contribution in [0.25, 0.3) is 0 Å². The third kappa shape index (κ3) is 2.06. The number of hydrogen-bond donors (Lipinski definition) is 2. The van der Waals surface area contributed by atoms with Gasteiger partial charge in [-0.15, -0.1) is 0 Å². The SMILES string of the molecule is CC1(C)N=C(Nc2ccccc2)C(C)(C)N1O. The lowest BCUT2D eigenvalue weighted by Gasteiger charge is -2.33. The summed E-state index contributed by atoms with van der Waals surface area (Å²) in [5.41, 5.74) is -0.134. The molecule has 0 saturated heterocycles. The predicted octanol–water partition coefficient (Wildman–Crippen LogP) is 2.72. The second-order valence-corrected chi connectivity index (χ2v) is 5.32. The Balaban J connectivity index is 2.28. The van der Waals surface area contributed by atoms with Gasteiger partial charge in [0.05, 0.1) is 0 Å². The molecule has 0 spiro atoms. The van der Waals surface area contributed by atoms with Crippen molar-refractivity contribution in [2.45, 2.75) is 38.9 Å². The van der Waals surface area contributed by atoms with E-state index in [1.807, 2.05) is 58.0 Å². The van der Waals surface area contributed by atoms with Crippen molar-refractivity contribution in [1.82, 2.24) is 5.06 Å². The van der Waals surface area contributed by atoms with E-state index in [-0.39, 0.29) is 0 Å². The number of rotatable bonds is 1. The number of hydroxylamine groups is 2. The molecule has 0 radical (unpaired) electrons. The molecule has 1 aliphatic rings. The van der Waals surface area contributed by atoms with E-state index in [2.05, 4.69) is 10.3 Å². The maximum atomic E-state index is 10.1. The molecule has 4 heteroatoms. The van der Waals surface area contributed by atoms with Crippen LogP contribution < -0.4 is 5.32 Å². The molecule has 17 heavy (non-hydrogen) atoms. The van der Waals surface area contributed by atoms with E-state index >= 15 is 0 Å². The normalized spacial score (nSPS) is 22.3. The summed E-state index contributed by atoms with van der Waals surface area (Å²) in [5.74, 6) is 0.774. The molecule has 0 fully saturated rings. The molecule has 2 N–H and O–H groups in total. The molecule has 0 aliphatic carbocycles. The lowest BCUT2D eigenvalue weighted by atomic mass is 10.0. The van der Waals surface area contributed by atoms with Gasteiger partial charge in [0.1, 0.15) is 17.0 Å². The average Bonchev–Trinajstić information content (AvgIpc) is 2.41. The van der Waals surface area contributed by atoms with E-state index < -0.39 is 11.2 Å². The highest BCUT2D eigenvalue weighted by Crippen LogP contribution is 2.33. The van der Waals surface area contributed by atoms with Crippen LogP contribution in [0.4, 0.5) is 5.69 Å². The van der Waals surface area contributed by atoms with Crippen molar-refractivity contribution in [3.05, 3.63) is 30.3 Å². The first kappa shape index (κ1) is 12.1. The monoisotopic (exact) mass is 233 g/mol. The van der Waals surface area contributed by atoms with E-state index in [1.54, 1.807) is 0 Å². The number of nitrogens with one attached hydrogen (secondary N) is 1. The summed E-state index contributed by atoms with van der Waals surface area (Å²) in [6, 6.07) is 9.85. The van der Waals surface area contributed by atoms with Crippen molar-refractivity contribution < 1.29 is 5.21 Å². The smallest absolute Gasteiger partial charge is 0.132 e. The molecule has 0 unspecified atom stereocenters. The summed E-state index contributed by atoms with van der Waals surface area (Å²) >= 11 is 0. The Morgan fingerprint density at radius 1 is 1.12 bits per heavy atom. The summed E-state index contributed by atoms with van der Waals surface area (Å²) in [4.78, 5) is 4.53. The molecule has 2 rings (SSSR count). The second kappa shape index (κ2) is 3.82. The number of benzene rings is 1. The fourth-order valence-corrected chi connectivity index (χ4v) is 2.08. The van der Waals surface area contributed by atoms with Crippen LogP contribution in [0.2, 0.25) is 0 Å². The Kier molecular flexibility index (Phi) is 2.72. The zero-order chi connectivity index (χ0) is 12.7. The number of nitrogens with zero attached hydrogens (tertiary/aromatic N) is 2. The average molecular weight is 233 g/mol. The molecule has 0 saturated carbocycles. The van der Waals surface area contributed by atoms with Gasteiger partial charge in [0.2, 0.25) is 0 Å². The Bertz CT molecular complexity index is 437. The number of para-hydroxylation sites is 1. The number of aliphatic imine (C=N–C) groups is 1. The first-order valence-electron chi connectivity index (χ1n) is 5.76. The van der Waals surface area contributed by atoms with Crippen LogP contribution >= 0.6 is 0 Å². The molecule has 0 bridgehead atoms. The zero-order valence-electron chi connectivity index (χ0n) is 10.7. The van der Waals surface area contributed by atoms with E-state index in [0.29, 0.717) is 0 Å². The van der Waals surface area contributed by atoms with Crippen LogP contribution in [0.3, 0.4) is 0 Å². The molecule has 1 heterocycles. The van der Waals surface area contributed by atoms with Crippen molar-refractivity contribution >= 4 is 11.5 Å². The first-order chi connectivity index (χ1) is 7.84. The van der Waals surface area contributed by atoms with Gasteiger partial charge in [-0.2, -0.15) is 5.06 Å². The molecular weight excluding hydrogens is 214 g/mol. The topological polar surface area (TPSA) is 47.9 Å². The van der Waals surface area contributed by atoms with Crippen molar-refractivity contribution in [1.29, 1.82) is 0 Å². The van der Waals surface area contributed by atoms with Crippen molar-refractivity contribution in [2.24, 2.45) is 4.99 Å². The first-order valence-corrected chi connectivity index (χ1v) is 5.76. The minimum Gasteiger partial charge on any atom is -0.342 e. The highest BCUT2D eigenvalue weighted by molar-refractivity contribution is 6.03. The van der Waals surface area contributed by atoms with Gasteiger partial charge in [0.15, 0.2) is 0 Å². The predicted molar refractivity (Wildman–Crippen MR) is 69.3 cm³/mol. The van der Waals surface area contributed by atoms with Crippen molar-refractivity contribution in [3.63, 3.8) is 0 Å². The lowest BCUT2D eigenvalue weighted by molar-refractivity contribution is -0.188. The molecule has 1 aromatic carbocycles. The zero-order valence-corrected chi connectivity index (χ0v) is 10.7. The molecule has 1 aromatic rings. The van der Waals surface area contributed by atoms with E-state index in [0.717, 1.165) is 11.5 Å². The lowest BCUT2D eigenvalue weighted by Crippen LogP contribution is -2.51. The van der Waals surface area contributed by atoms with Crippen LogP contribution in [0.15, 0.2) is 35.3 Å². The Morgan fingerprint density at radius 2 is 1.71 bits per heavy atom. The second-order valence-electron chi connectivity index (χ2n) is 5.32. The highest BCUT2D eigenvalue weighted by Gasteiger charge is 2.47. The summed E-state index contributed by atoms with van der Waals surface area (Å²) in [6.45, 7) is 7.65. The van der Waals surface area contributed by atoms with Crippen LogP contribution in [-0.2, 0) is 0 Å². The Hall–Kier alpha value is -1.39. The highest BCUT2D eigenvalue weighted by atomic mass is 16.5. The van der Waals surface area contributed by atoms with Gasteiger partial charge >= 0.3 is 0 Å². The van der Waals surface area contributed by atoms with Crippen LogP contribution in [0.1, 0.15) is 27.7 Å². The van der Waals surface area contributed by atoms with Gasteiger partial charge in [-0.1, -0.05) is 18.2 Å². The van der Waals surface area contributed by atoms with Gasteiger partial charge in [0, 0.05) is 5.69 Å². The summed E-state index contributed by atoms with van der Waals surface area (Å²) < 4.78 is 0. The standard InChI is InChI=1S/C13H19N3O/c1-12(2)11(15-13(3,4)16(12)17)14-10-8-6-5-7-9-10/h5-9,17H,1-4H3,(H,14,15). The summed E-state index contributed by atoms with van der Waals surface area (Å²) in [7, 11) is 0. The van der Waals surface area contributed by atoms with Crippen LogP contribution in [0.5, 0.6) is 0 Å². The van der Waals surface area contributed by atoms with Gasteiger partial charge in [-0.25, -0.2) is 4.99 Å². The van der Waals surface area contributed by atoms with E-state index in [4.69, 9.17) is 0 Å². The molecule has 0 atom stereocenters. The van der Waals surface area contributed by atoms with Gasteiger partial charge in [0.25, 0.3) is 0 Å². The molecule has 0 amide bonds. The molecule has 4 nitrogen and oxygen atoms in total. The van der Waals surface area contributed by atoms with Gasteiger partial charge < -0.3 is 10.5 Å². The van der Waals surface area contributed by atoms with Crippen molar-refractivity contribution in [2.75, 3.05) is 5.32 Å². The molecule has 92 valence electrons. The van der Waals surface area contributed by atoms with E-state index in [9.17, 15) is 5.21 Å². The van der Waals surface area contributed by atoms with Crippen molar-refractivity contribution in [3.8, 4) is 0 Å². The summed E-state index contributed by atoms with van der Waals surface area (Å²) in [5, 5.41) is 14.7. The maximum Gasteiger partial charge on any atom is 0.132 e. The number of anilines is 1. The molecule has 0 aromatic heterocycles.